The van der Waals surface area contributed by atoms with Crippen LogP contribution in [0.5, 0.6) is 0 Å². The Labute approximate surface area is 121 Å². The van der Waals surface area contributed by atoms with Crippen LogP contribution >= 0.6 is 0 Å². The van der Waals surface area contributed by atoms with Crippen molar-refractivity contribution < 1.29 is 4.79 Å². The highest BCUT2D eigenvalue weighted by Gasteiger charge is 2.07. The topological polar surface area (TPSA) is 72.7 Å². The first-order valence-electron chi connectivity index (χ1n) is 6.45. The molecule has 6 nitrogen and oxygen atoms in total. The Morgan fingerprint density at radius 3 is 2.90 bits per heavy atom. The third kappa shape index (κ3) is 3.30. The molecule has 0 radical (unpaired) electrons. The lowest BCUT2D eigenvalue weighted by Crippen LogP contribution is -2.13. The van der Waals surface area contributed by atoms with Crippen LogP contribution in [-0.4, -0.2) is 25.7 Å². The SMILES string of the molecule is O=C(Nc1cccnn1)c1cccc(Cn2ccnc2)c1. The number of nitrogens with zero attached hydrogens (tertiary/aromatic N) is 4. The molecule has 21 heavy (non-hydrogen) atoms. The molecule has 6 heteroatoms. The Hall–Kier alpha value is -3.02. The summed E-state index contributed by atoms with van der Waals surface area (Å²) in [6, 6.07) is 10.9. The molecular formula is C15H13N5O. The summed E-state index contributed by atoms with van der Waals surface area (Å²) in [5.41, 5.74) is 1.61. The van der Waals surface area contributed by atoms with Crippen LogP contribution in [0, 0.1) is 0 Å². The number of anilines is 1. The lowest BCUT2D eigenvalue weighted by Gasteiger charge is -2.06. The minimum Gasteiger partial charge on any atom is -0.333 e. The molecule has 1 amide bonds. The van der Waals surface area contributed by atoms with Gasteiger partial charge in [0, 0.05) is 30.7 Å². The third-order valence-corrected chi connectivity index (χ3v) is 2.93. The zero-order valence-electron chi connectivity index (χ0n) is 11.2. The van der Waals surface area contributed by atoms with Gasteiger partial charge in [-0.05, 0) is 29.8 Å². The van der Waals surface area contributed by atoms with Gasteiger partial charge in [0.25, 0.3) is 5.91 Å². The predicted molar refractivity (Wildman–Crippen MR) is 77.8 cm³/mol. The van der Waals surface area contributed by atoms with Crippen molar-refractivity contribution in [3.63, 3.8) is 0 Å². The summed E-state index contributed by atoms with van der Waals surface area (Å²) in [6.07, 6.45) is 6.91. The molecule has 0 aliphatic rings. The average Bonchev–Trinajstić information content (AvgIpc) is 3.01. The second-order valence-electron chi connectivity index (χ2n) is 4.50. The van der Waals surface area contributed by atoms with E-state index in [2.05, 4.69) is 20.5 Å². The summed E-state index contributed by atoms with van der Waals surface area (Å²) < 4.78 is 1.94. The summed E-state index contributed by atoms with van der Waals surface area (Å²) in [5, 5.41) is 10.3. The van der Waals surface area contributed by atoms with Crippen LogP contribution in [0.3, 0.4) is 0 Å². The van der Waals surface area contributed by atoms with Gasteiger partial charge in [0.1, 0.15) is 0 Å². The fourth-order valence-corrected chi connectivity index (χ4v) is 1.96. The highest BCUT2D eigenvalue weighted by molar-refractivity contribution is 6.03. The number of amides is 1. The first-order chi connectivity index (χ1) is 10.3. The molecule has 0 aliphatic heterocycles. The van der Waals surface area contributed by atoms with Crippen LogP contribution < -0.4 is 5.32 Å². The molecule has 2 heterocycles. The number of rotatable bonds is 4. The van der Waals surface area contributed by atoms with Crippen molar-refractivity contribution in [1.29, 1.82) is 0 Å². The molecule has 3 rings (SSSR count). The number of aromatic nitrogens is 4. The van der Waals surface area contributed by atoms with E-state index in [4.69, 9.17) is 0 Å². The van der Waals surface area contributed by atoms with E-state index in [1.54, 1.807) is 36.9 Å². The van der Waals surface area contributed by atoms with Crippen molar-refractivity contribution in [3.05, 3.63) is 72.4 Å². The van der Waals surface area contributed by atoms with Gasteiger partial charge >= 0.3 is 0 Å². The maximum absolute atomic E-state index is 12.2. The molecule has 0 spiro atoms. The minimum absolute atomic E-state index is 0.206. The lowest BCUT2D eigenvalue weighted by molar-refractivity contribution is 0.102. The predicted octanol–water partition coefficient (Wildman–Crippen LogP) is 1.97. The normalized spacial score (nSPS) is 10.3. The van der Waals surface area contributed by atoms with E-state index in [9.17, 15) is 4.79 Å². The maximum atomic E-state index is 12.2. The van der Waals surface area contributed by atoms with Gasteiger partial charge in [-0.15, -0.1) is 5.10 Å². The highest BCUT2D eigenvalue weighted by atomic mass is 16.1. The molecule has 2 aromatic heterocycles. The zero-order valence-corrected chi connectivity index (χ0v) is 11.2. The molecule has 1 aromatic carbocycles. The van der Waals surface area contributed by atoms with Gasteiger partial charge in [-0.3, -0.25) is 4.79 Å². The van der Waals surface area contributed by atoms with Crippen LogP contribution in [0.4, 0.5) is 5.82 Å². The van der Waals surface area contributed by atoms with Gasteiger partial charge in [0.05, 0.1) is 6.33 Å². The van der Waals surface area contributed by atoms with Gasteiger partial charge < -0.3 is 9.88 Å². The van der Waals surface area contributed by atoms with Crippen LogP contribution in [0.2, 0.25) is 0 Å². The van der Waals surface area contributed by atoms with Crippen molar-refractivity contribution in [1.82, 2.24) is 19.7 Å². The fourth-order valence-electron chi connectivity index (χ4n) is 1.96. The first kappa shape index (κ1) is 13.0. The Morgan fingerprint density at radius 1 is 1.19 bits per heavy atom. The van der Waals surface area contributed by atoms with Crippen molar-refractivity contribution >= 4 is 11.7 Å². The van der Waals surface area contributed by atoms with Crippen molar-refractivity contribution in [2.75, 3.05) is 5.32 Å². The summed E-state index contributed by atoms with van der Waals surface area (Å²) >= 11 is 0. The first-order valence-corrected chi connectivity index (χ1v) is 6.45. The van der Waals surface area contributed by atoms with E-state index < -0.39 is 0 Å². The summed E-state index contributed by atoms with van der Waals surface area (Å²) in [4.78, 5) is 16.2. The molecule has 0 fully saturated rings. The Balaban J connectivity index is 1.74. The third-order valence-electron chi connectivity index (χ3n) is 2.93. The molecular weight excluding hydrogens is 266 g/mol. The molecule has 0 bridgehead atoms. The van der Waals surface area contributed by atoms with E-state index in [0.717, 1.165) is 5.56 Å². The van der Waals surface area contributed by atoms with Crippen molar-refractivity contribution in [2.45, 2.75) is 6.54 Å². The van der Waals surface area contributed by atoms with E-state index in [1.165, 1.54) is 0 Å². The number of imidazole rings is 1. The van der Waals surface area contributed by atoms with E-state index in [-0.39, 0.29) is 5.91 Å². The molecule has 0 saturated heterocycles. The van der Waals surface area contributed by atoms with Crippen LogP contribution in [0.15, 0.2) is 61.3 Å². The summed E-state index contributed by atoms with van der Waals surface area (Å²) in [7, 11) is 0. The Bertz CT molecular complexity index is 725. The average molecular weight is 279 g/mol. The number of carbonyl (C=O) groups is 1. The van der Waals surface area contributed by atoms with E-state index in [1.807, 2.05) is 29.0 Å². The minimum atomic E-state index is -0.206. The molecule has 104 valence electrons. The monoisotopic (exact) mass is 279 g/mol. The number of hydrogen-bond acceptors (Lipinski definition) is 4. The number of carbonyl (C=O) groups excluding carboxylic acids is 1. The molecule has 0 saturated carbocycles. The second kappa shape index (κ2) is 5.96. The standard InChI is InChI=1S/C15H13N5O/c21-15(18-14-5-2-6-17-19-14)13-4-1-3-12(9-13)10-20-8-7-16-11-20/h1-9,11H,10H2,(H,18,19,21). The van der Waals surface area contributed by atoms with Gasteiger partial charge in [-0.1, -0.05) is 12.1 Å². The molecule has 0 aliphatic carbocycles. The van der Waals surface area contributed by atoms with Crippen LogP contribution in [-0.2, 0) is 6.54 Å². The Kier molecular flexibility index (Phi) is 3.68. The van der Waals surface area contributed by atoms with Crippen molar-refractivity contribution in [3.8, 4) is 0 Å². The second-order valence-corrected chi connectivity index (χ2v) is 4.50. The molecule has 3 aromatic rings. The summed E-state index contributed by atoms with van der Waals surface area (Å²) in [5.74, 6) is 0.227. The zero-order chi connectivity index (χ0) is 14.5. The molecule has 0 unspecified atom stereocenters. The van der Waals surface area contributed by atoms with E-state index in [0.29, 0.717) is 17.9 Å². The van der Waals surface area contributed by atoms with E-state index >= 15 is 0 Å². The highest BCUT2D eigenvalue weighted by Crippen LogP contribution is 2.09. The van der Waals surface area contributed by atoms with Crippen LogP contribution in [0.1, 0.15) is 15.9 Å². The van der Waals surface area contributed by atoms with Gasteiger partial charge in [0.15, 0.2) is 5.82 Å². The number of hydrogen-bond donors (Lipinski definition) is 1. The van der Waals surface area contributed by atoms with Crippen LogP contribution in [0.25, 0.3) is 0 Å². The summed E-state index contributed by atoms with van der Waals surface area (Å²) in [6.45, 7) is 0.673. The number of nitrogens with one attached hydrogen (secondary N) is 1. The number of benzene rings is 1. The fraction of sp³-hybridized carbons (Fsp3) is 0.0667. The quantitative estimate of drug-likeness (QED) is 0.792. The molecule has 0 atom stereocenters. The van der Waals surface area contributed by atoms with Gasteiger partial charge in [-0.2, -0.15) is 5.10 Å². The molecule has 1 N–H and O–H groups in total. The Morgan fingerprint density at radius 2 is 2.14 bits per heavy atom. The lowest BCUT2D eigenvalue weighted by atomic mass is 10.1. The van der Waals surface area contributed by atoms with Gasteiger partial charge in [-0.25, -0.2) is 4.98 Å². The maximum Gasteiger partial charge on any atom is 0.256 e. The van der Waals surface area contributed by atoms with Crippen molar-refractivity contribution in [2.24, 2.45) is 0 Å². The smallest absolute Gasteiger partial charge is 0.256 e. The van der Waals surface area contributed by atoms with Gasteiger partial charge in [0.2, 0.25) is 0 Å². The largest absolute Gasteiger partial charge is 0.333 e.